The lowest BCUT2D eigenvalue weighted by Gasteiger charge is -2.20. The number of hydrazine groups is 1. The third-order valence-corrected chi connectivity index (χ3v) is 2.02. The molecule has 0 fully saturated rings. The fourth-order valence-electron chi connectivity index (χ4n) is 1.27. The van der Waals surface area contributed by atoms with Gasteiger partial charge in [-0.25, -0.2) is 0 Å². The number of hydrogen-bond donors (Lipinski definition) is 3. The first kappa shape index (κ1) is 10.3. The van der Waals surface area contributed by atoms with Gasteiger partial charge in [-0.15, -0.1) is 5.17 Å². The topological polar surface area (TPSA) is 63.6 Å². The van der Waals surface area contributed by atoms with Crippen molar-refractivity contribution >= 4 is 11.9 Å². The summed E-state index contributed by atoms with van der Waals surface area (Å²) in [5.74, 6) is 0. The van der Waals surface area contributed by atoms with E-state index in [1.54, 1.807) is 12.3 Å². The van der Waals surface area contributed by atoms with Gasteiger partial charge in [-0.05, 0) is 18.2 Å². The molecule has 2 heterocycles. The molecule has 1 aliphatic rings. The van der Waals surface area contributed by atoms with Crippen LogP contribution in [0.3, 0.4) is 0 Å². The molecule has 0 saturated carbocycles. The molecule has 0 saturated heterocycles. The molecule has 5 heteroatoms. The lowest BCUT2D eigenvalue weighted by molar-refractivity contribution is 0.212. The molecule has 1 aromatic heterocycles. The van der Waals surface area contributed by atoms with Crippen molar-refractivity contribution in [2.24, 2.45) is 5.10 Å². The molecule has 16 heavy (non-hydrogen) atoms. The Morgan fingerprint density at radius 1 is 1.06 bits per heavy atom. The number of anilines is 1. The Kier molecular flexibility index (Phi) is 3.20. The number of fused-ring (bicyclic) bond motifs is 1. The number of rotatable bonds is 0. The molecule has 0 atom stereocenters. The SMILES string of the molecule is ON1NN=Cc2ccccc21.c1cc[nH]c1. The average molecular weight is 216 g/mol. The van der Waals surface area contributed by atoms with E-state index in [1.165, 1.54) is 0 Å². The van der Waals surface area contributed by atoms with Gasteiger partial charge < -0.3 is 4.98 Å². The van der Waals surface area contributed by atoms with Crippen LogP contribution < -0.4 is 10.7 Å². The number of hydrazone groups is 1. The summed E-state index contributed by atoms with van der Waals surface area (Å²) in [6.07, 6.45) is 5.40. The Labute approximate surface area is 93.0 Å². The molecule has 0 radical (unpaired) electrons. The molecule has 2 aromatic rings. The maximum Gasteiger partial charge on any atom is 0.0981 e. The van der Waals surface area contributed by atoms with E-state index in [1.807, 2.05) is 42.7 Å². The van der Waals surface area contributed by atoms with Gasteiger partial charge in [0.2, 0.25) is 0 Å². The standard InChI is InChI=1S/C7H7N3O.C4H5N/c11-10-7-4-2-1-3-6(7)5-8-9-10;1-2-4-5-3-1/h1-5,9,11H;1-5H. The van der Waals surface area contributed by atoms with Gasteiger partial charge >= 0.3 is 0 Å². The van der Waals surface area contributed by atoms with Gasteiger partial charge in [0.05, 0.1) is 11.9 Å². The normalized spacial score (nSPS) is 12.2. The molecule has 3 rings (SSSR count). The van der Waals surface area contributed by atoms with Gasteiger partial charge in [-0.2, -0.15) is 10.6 Å². The average Bonchev–Trinajstić information content (AvgIpc) is 2.88. The van der Waals surface area contributed by atoms with Crippen LogP contribution in [0.25, 0.3) is 0 Å². The monoisotopic (exact) mass is 216 g/mol. The minimum Gasteiger partial charge on any atom is -0.368 e. The van der Waals surface area contributed by atoms with E-state index in [2.05, 4.69) is 15.6 Å². The molecule has 3 N–H and O–H groups in total. The third-order valence-electron chi connectivity index (χ3n) is 2.02. The van der Waals surface area contributed by atoms with E-state index in [9.17, 15) is 0 Å². The van der Waals surface area contributed by atoms with E-state index in [-0.39, 0.29) is 0 Å². The Morgan fingerprint density at radius 2 is 1.81 bits per heavy atom. The van der Waals surface area contributed by atoms with Crippen LogP contribution in [-0.2, 0) is 0 Å². The summed E-state index contributed by atoms with van der Waals surface area (Å²) in [4.78, 5) is 2.86. The highest BCUT2D eigenvalue weighted by Gasteiger charge is 2.08. The molecular formula is C11H12N4O. The number of benzene rings is 1. The highest BCUT2D eigenvalue weighted by atomic mass is 16.5. The summed E-state index contributed by atoms with van der Waals surface area (Å²) >= 11 is 0. The van der Waals surface area contributed by atoms with Crippen molar-refractivity contribution in [2.75, 3.05) is 5.17 Å². The van der Waals surface area contributed by atoms with E-state index in [4.69, 9.17) is 5.21 Å². The second-order valence-corrected chi connectivity index (χ2v) is 3.11. The summed E-state index contributed by atoms with van der Waals surface area (Å²) in [5.41, 5.74) is 4.00. The molecule has 0 bridgehead atoms. The molecule has 0 amide bonds. The number of nitrogens with one attached hydrogen (secondary N) is 2. The first-order chi connectivity index (χ1) is 7.88. The third kappa shape index (κ3) is 2.40. The second-order valence-electron chi connectivity index (χ2n) is 3.11. The molecular weight excluding hydrogens is 204 g/mol. The van der Waals surface area contributed by atoms with E-state index in [0.717, 1.165) is 10.7 Å². The Balaban J connectivity index is 0.000000162. The zero-order valence-corrected chi connectivity index (χ0v) is 8.54. The molecule has 5 nitrogen and oxygen atoms in total. The van der Waals surface area contributed by atoms with Gasteiger partial charge in [-0.3, -0.25) is 5.21 Å². The minimum atomic E-state index is 0.711. The molecule has 1 aliphatic heterocycles. The van der Waals surface area contributed by atoms with Gasteiger partial charge in [0.1, 0.15) is 0 Å². The van der Waals surface area contributed by atoms with Crippen LogP contribution in [-0.4, -0.2) is 16.4 Å². The molecule has 0 aliphatic carbocycles. The number of para-hydroxylation sites is 1. The zero-order chi connectivity index (χ0) is 11.2. The number of hydrogen-bond acceptors (Lipinski definition) is 4. The smallest absolute Gasteiger partial charge is 0.0981 e. The Morgan fingerprint density at radius 3 is 2.44 bits per heavy atom. The quantitative estimate of drug-likeness (QED) is 0.628. The van der Waals surface area contributed by atoms with Crippen molar-refractivity contribution < 1.29 is 5.21 Å². The molecule has 1 aromatic carbocycles. The largest absolute Gasteiger partial charge is 0.368 e. The van der Waals surface area contributed by atoms with E-state index >= 15 is 0 Å². The summed E-state index contributed by atoms with van der Waals surface area (Å²) in [5, 5.41) is 13.8. The van der Waals surface area contributed by atoms with Crippen molar-refractivity contribution in [1.82, 2.24) is 10.5 Å². The van der Waals surface area contributed by atoms with Crippen molar-refractivity contribution in [1.29, 1.82) is 0 Å². The van der Waals surface area contributed by atoms with Crippen molar-refractivity contribution in [3.05, 3.63) is 54.4 Å². The van der Waals surface area contributed by atoms with Gasteiger partial charge in [0, 0.05) is 18.0 Å². The van der Waals surface area contributed by atoms with Crippen LogP contribution in [0.5, 0.6) is 0 Å². The minimum absolute atomic E-state index is 0.711. The van der Waals surface area contributed by atoms with Crippen LogP contribution in [0.2, 0.25) is 0 Å². The molecule has 82 valence electrons. The number of aromatic amines is 1. The zero-order valence-electron chi connectivity index (χ0n) is 8.54. The Bertz CT molecular complexity index is 436. The van der Waals surface area contributed by atoms with Crippen molar-refractivity contribution in [3.63, 3.8) is 0 Å². The summed E-state index contributed by atoms with van der Waals surface area (Å²) in [6, 6.07) is 11.3. The predicted octanol–water partition coefficient (Wildman–Crippen LogP) is 1.75. The summed E-state index contributed by atoms with van der Waals surface area (Å²) in [7, 11) is 0. The number of H-pyrrole nitrogens is 1. The second kappa shape index (κ2) is 4.99. The van der Waals surface area contributed by atoms with Crippen LogP contribution in [0.15, 0.2) is 53.9 Å². The van der Waals surface area contributed by atoms with Crippen LogP contribution in [0, 0.1) is 0 Å². The van der Waals surface area contributed by atoms with E-state index in [0.29, 0.717) is 5.69 Å². The molecule has 0 unspecified atom stereocenters. The van der Waals surface area contributed by atoms with Gasteiger partial charge in [-0.1, -0.05) is 18.2 Å². The Hall–Kier alpha value is -2.27. The van der Waals surface area contributed by atoms with Gasteiger partial charge in [0.15, 0.2) is 0 Å². The number of nitrogens with zero attached hydrogens (tertiary/aromatic N) is 2. The summed E-state index contributed by atoms with van der Waals surface area (Å²) in [6.45, 7) is 0. The van der Waals surface area contributed by atoms with Crippen molar-refractivity contribution in [3.8, 4) is 0 Å². The molecule has 0 spiro atoms. The first-order valence-corrected chi connectivity index (χ1v) is 4.82. The first-order valence-electron chi connectivity index (χ1n) is 4.82. The highest BCUT2D eigenvalue weighted by molar-refractivity contribution is 5.88. The van der Waals surface area contributed by atoms with E-state index < -0.39 is 0 Å². The van der Waals surface area contributed by atoms with Crippen LogP contribution in [0.1, 0.15) is 5.56 Å². The highest BCUT2D eigenvalue weighted by Crippen LogP contribution is 2.17. The fourth-order valence-corrected chi connectivity index (χ4v) is 1.27. The number of aromatic nitrogens is 1. The summed E-state index contributed by atoms with van der Waals surface area (Å²) < 4.78 is 0. The lowest BCUT2D eigenvalue weighted by Crippen LogP contribution is -2.34. The van der Waals surface area contributed by atoms with Crippen LogP contribution >= 0.6 is 0 Å². The maximum absolute atomic E-state index is 9.17. The van der Waals surface area contributed by atoms with Crippen molar-refractivity contribution in [2.45, 2.75) is 0 Å². The van der Waals surface area contributed by atoms with Gasteiger partial charge in [0.25, 0.3) is 0 Å². The lowest BCUT2D eigenvalue weighted by atomic mass is 10.2. The fraction of sp³-hybridized carbons (Fsp3) is 0. The maximum atomic E-state index is 9.17. The predicted molar refractivity (Wildman–Crippen MR) is 62.2 cm³/mol. The van der Waals surface area contributed by atoms with Crippen LogP contribution in [0.4, 0.5) is 5.69 Å².